The lowest BCUT2D eigenvalue weighted by atomic mass is 10.2. The zero-order valence-corrected chi connectivity index (χ0v) is 13.2. The summed E-state index contributed by atoms with van der Waals surface area (Å²) in [5, 5.41) is 11.1. The molecule has 1 amide bonds. The van der Waals surface area contributed by atoms with Crippen LogP contribution < -0.4 is 10.1 Å². The molecule has 2 N–H and O–H groups in total. The number of aliphatic carboxylic acids is 1. The summed E-state index contributed by atoms with van der Waals surface area (Å²) in [7, 11) is 0. The molecule has 6 heteroatoms. The van der Waals surface area contributed by atoms with E-state index < -0.39 is 5.97 Å². The average Bonchev–Trinajstić information content (AvgIpc) is 2.51. The number of amides is 1. The molecular formula is C16H24N2O4. The van der Waals surface area contributed by atoms with Gasteiger partial charge in [0.15, 0.2) is 0 Å². The second-order valence-electron chi connectivity index (χ2n) is 4.80. The summed E-state index contributed by atoms with van der Waals surface area (Å²) in [5.41, 5.74) is 0.487. The molecule has 0 spiro atoms. The zero-order valence-electron chi connectivity index (χ0n) is 13.2. The topological polar surface area (TPSA) is 78.9 Å². The quantitative estimate of drug-likeness (QED) is 0.686. The van der Waals surface area contributed by atoms with E-state index in [2.05, 4.69) is 24.1 Å². The molecule has 0 heterocycles. The fourth-order valence-corrected chi connectivity index (χ4v) is 1.92. The van der Waals surface area contributed by atoms with Crippen LogP contribution in [-0.2, 0) is 4.79 Å². The van der Waals surface area contributed by atoms with E-state index in [0.717, 1.165) is 19.6 Å². The van der Waals surface area contributed by atoms with Crippen molar-refractivity contribution in [2.24, 2.45) is 0 Å². The Morgan fingerprint density at radius 1 is 1.18 bits per heavy atom. The van der Waals surface area contributed by atoms with Gasteiger partial charge < -0.3 is 20.1 Å². The fourth-order valence-electron chi connectivity index (χ4n) is 1.92. The number of rotatable bonds is 10. The molecule has 1 aromatic rings. The van der Waals surface area contributed by atoms with E-state index in [1.54, 1.807) is 24.3 Å². The SMILES string of the molecule is CCN(CC)CCOc1ccc(C(=O)NCCC(=O)O)cc1. The van der Waals surface area contributed by atoms with Gasteiger partial charge in [0.25, 0.3) is 5.91 Å². The van der Waals surface area contributed by atoms with Gasteiger partial charge in [0.05, 0.1) is 6.42 Å². The number of benzene rings is 1. The number of hydrogen-bond acceptors (Lipinski definition) is 4. The molecule has 6 nitrogen and oxygen atoms in total. The molecule has 0 aliphatic heterocycles. The van der Waals surface area contributed by atoms with Crippen LogP contribution in [0.2, 0.25) is 0 Å². The molecule has 0 fully saturated rings. The lowest BCUT2D eigenvalue weighted by Crippen LogP contribution is -2.28. The number of nitrogens with zero attached hydrogens (tertiary/aromatic N) is 1. The van der Waals surface area contributed by atoms with E-state index in [0.29, 0.717) is 17.9 Å². The van der Waals surface area contributed by atoms with Crippen molar-refractivity contribution in [3.8, 4) is 5.75 Å². The number of ether oxygens (including phenoxy) is 1. The zero-order chi connectivity index (χ0) is 16.4. The standard InChI is InChI=1S/C16H24N2O4/c1-3-18(4-2)11-12-22-14-7-5-13(6-8-14)16(21)17-10-9-15(19)20/h5-8H,3-4,9-12H2,1-2H3,(H,17,21)(H,19,20). The molecule has 122 valence electrons. The van der Waals surface area contributed by atoms with Gasteiger partial charge in [0.1, 0.15) is 12.4 Å². The van der Waals surface area contributed by atoms with E-state index in [1.165, 1.54) is 0 Å². The van der Waals surface area contributed by atoms with Crippen LogP contribution >= 0.6 is 0 Å². The number of carboxylic acid groups (broad SMARTS) is 1. The number of nitrogens with one attached hydrogen (secondary N) is 1. The molecule has 22 heavy (non-hydrogen) atoms. The van der Waals surface area contributed by atoms with Gasteiger partial charge in [-0.15, -0.1) is 0 Å². The van der Waals surface area contributed by atoms with E-state index >= 15 is 0 Å². The molecule has 0 atom stereocenters. The highest BCUT2D eigenvalue weighted by Gasteiger charge is 2.06. The highest BCUT2D eigenvalue weighted by molar-refractivity contribution is 5.94. The van der Waals surface area contributed by atoms with Crippen molar-refractivity contribution in [1.29, 1.82) is 0 Å². The summed E-state index contributed by atoms with van der Waals surface area (Å²) in [6, 6.07) is 6.83. The molecule has 0 bridgehead atoms. The van der Waals surface area contributed by atoms with Gasteiger partial charge in [-0.3, -0.25) is 9.59 Å². The first-order valence-corrected chi connectivity index (χ1v) is 7.52. The van der Waals surface area contributed by atoms with Crippen molar-refractivity contribution in [1.82, 2.24) is 10.2 Å². The van der Waals surface area contributed by atoms with Crippen LogP contribution in [0.3, 0.4) is 0 Å². The van der Waals surface area contributed by atoms with Gasteiger partial charge in [-0.05, 0) is 37.4 Å². The maximum Gasteiger partial charge on any atom is 0.305 e. The predicted molar refractivity (Wildman–Crippen MR) is 84.3 cm³/mol. The fraction of sp³-hybridized carbons (Fsp3) is 0.500. The Morgan fingerprint density at radius 2 is 1.82 bits per heavy atom. The first-order chi connectivity index (χ1) is 10.6. The van der Waals surface area contributed by atoms with Gasteiger partial charge in [-0.2, -0.15) is 0 Å². The third-order valence-electron chi connectivity index (χ3n) is 3.31. The molecule has 0 saturated heterocycles. The third kappa shape index (κ3) is 6.58. The van der Waals surface area contributed by atoms with Crippen molar-refractivity contribution >= 4 is 11.9 Å². The van der Waals surface area contributed by atoms with E-state index in [1.807, 2.05) is 0 Å². The van der Waals surface area contributed by atoms with Crippen LogP contribution in [0, 0.1) is 0 Å². The summed E-state index contributed by atoms with van der Waals surface area (Å²) in [4.78, 5) is 24.4. The number of carbonyl (C=O) groups excluding carboxylic acids is 1. The van der Waals surface area contributed by atoms with Gasteiger partial charge in [0, 0.05) is 18.7 Å². The van der Waals surface area contributed by atoms with Crippen molar-refractivity contribution in [3.63, 3.8) is 0 Å². The molecule has 1 rings (SSSR count). The lowest BCUT2D eigenvalue weighted by molar-refractivity contribution is -0.136. The molecule has 0 aromatic heterocycles. The van der Waals surface area contributed by atoms with Crippen LogP contribution in [0.4, 0.5) is 0 Å². The molecule has 0 unspecified atom stereocenters. The molecular weight excluding hydrogens is 284 g/mol. The van der Waals surface area contributed by atoms with Gasteiger partial charge in [-0.1, -0.05) is 13.8 Å². The van der Waals surface area contributed by atoms with E-state index in [9.17, 15) is 9.59 Å². The Hall–Kier alpha value is -2.08. The van der Waals surface area contributed by atoms with Crippen LogP contribution in [-0.4, -0.2) is 54.7 Å². The highest BCUT2D eigenvalue weighted by Crippen LogP contribution is 2.12. The Kier molecular flexibility index (Phi) is 7.99. The van der Waals surface area contributed by atoms with E-state index in [-0.39, 0.29) is 18.9 Å². The average molecular weight is 308 g/mol. The maximum atomic E-state index is 11.8. The summed E-state index contributed by atoms with van der Waals surface area (Å²) >= 11 is 0. The van der Waals surface area contributed by atoms with E-state index in [4.69, 9.17) is 9.84 Å². The molecule has 1 aromatic carbocycles. The van der Waals surface area contributed by atoms with Gasteiger partial charge in [0.2, 0.25) is 0 Å². The highest BCUT2D eigenvalue weighted by atomic mass is 16.5. The van der Waals surface area contributed by atoms with Gasteiger partial charge in [-0.25, -0.2) is 0 Å². The van der Waals surface area contributed by atoms with Crippen LogP contribution in [0.25, 0.3) is 0 Å². The predicted octanol–water partition coefficient (Wildman–Crippen LogP) is 1.61. The Labute approximate surface area is 131 Å². The normalized spacial score (nSPS) is 10.5. The summed E-state index contributed by atoms with van der Waals surface area (Å²) in [6.45, 7) is 7.81. The van der Waals surface area contributed by atoms with Crippen molar-refractivity contribution in [3.05, 3.63) is 29.8 Å². The van der Waals surface area contributed by atoms with Crippen LogP contribution in [0.1, 0.15) is 30.6 Å². The van der Waals surface area contributed by atoms with Gasteiger partial charge >= 0.3 is 5.97 Å². The summed E-state index contributed by atoms with van der Waals surface area (Å²) in [5.74, 6) is -0.498. The minimum absolute atomic E-state index is 0.0850. The maximum absolute atomic E-state index is 11.8. The summed E-state index contributed by atoms with van der Waals surface area (Å²) in [6.07, 6.45) is -0.0850. The summed E-state index contributed by atoms with van der Waals surface area (Å²) < 4.78 is 5.64. The molecule has 0 aliphatic rings. The minimum atomic E-state index is -0.933. The van der Waals surface area contributed by atoms with Crippen molar-refractivity contribution < 1.29 is 19.4 Å². The Balaban J connectivity index is 2.39. The third-order valence-corrected chi connectivity index (χ3v) is 3.31. The van der Waals surface area contributed by atoms with Crippen LogP contribution in [0.5, 0.6) is 5.75 Å². The number of hydrogen-bond donors (Lipinski definition) is 2. The van der Waals surface area contributed by atoms with Crippen LogP contribution in [0.15, 0.2) is 24.3 Å². The monoisotopic (exact) mass is 308 g/mol. The Morgan fingerprint density at radius 3 is 2.36 bits per heavy atom. The number of likely N-dealkylation sites (N-methyl/N-ethyl adjacent to an activating group) is 1. The molecule has 0 saturated carbocycles. The smallest absolute Gasteiger partial charge is 0.305 e. The van der Waals surface area contributed by atoms with Crippen molar-refractivity contribution in [2.75, 3.05) is 32.8 Å². The Bertz CT molecular complexity index is 470. The van der Waals surface area contributed by atoms with Crippen molar-refractivity contribution in [2.45, 2.75) is 20.3 Å². The molecule has 0 radical (unpaired) electrons. The first kappa shape index (κ1) is 18.0. The lowest BCUT2D eigenvalue weighted by Gasteiger charge is -2.18. The minimum Gasteiger partial charge on any atom is -0.492 e. The largest absolute Gasteiger partial charge is 0.492 e. The number of carbonyl (C=O) groups is 2. The second-order valence-corrected chi connectivity index (χ2v) is 4.80. The molecule has 0 aliphatic carbocycles. The second kappa shape index (κ2) is 9.78. The first-order valence-electron chi connectivity index (χ1n) is 7.52. The number of carboxylic acids is 1.